The lowest BCUT2D eigenvalue weighted by Gasteiger charge is -2.20. The van der Waals surface area contributed by atoms with Crippen LogP contribution in [-0.4, -0.2) is 34.2 Å². The summed E-state index contributed by atoms with van der Waals surface area (Å²) in [6.45, 7) is 9.55. The van der Waals surface area contributed by atoms with Crippen molar-refractivity contribution in [3.8, 4) is 0 Å². The van der Waals surface area contributed by atoms with Crippen LogP contribution in [-0.2, 0) is 18.8 Å². The van der Waals surface area contributed by atoms with Gasteiger partial charge in [-0.05, 0) is 19.6 Å². The second kappa shape index (κ2) is 5.55. The lowest BCUT2D eigenvalue weighted by molar-refractivity contribution is -0.132. The molecular weight excluding hydrogens is 214 g/mol. The molecule has 0 spiro atoms. The first-order valence-corrected chi connectivity index (χ1v) is 7.80. The number of rotatable bonds is 5. The second-order valence-corrected chi connectivity index (χ2v) is 8.18. The summed E-state index contributed by atoms with van der Waals surface area (Å²) in [7, 11) is 0.783. The third-order valence-corrected chi connectivity index (χ3v) is 2.11. The molecular formula is C9H17NO4Si. The molecule has 0 aromatic heterocycles. The molecule has 0 bridgehead atoms. The molecule has 0 aliphatic carbocycles. The van der Waals surface area contributed by atoms with Crippen molar-refractivity contribution < 1.29 is 18.8 Å². The van der Waals surface area contributed by atoms with Gasteiger partial charge in [0.25, 0.3) is 0 Å². The molecule has 15 heavy (non-hydrogen) atoms. The van der Waals surface area contributed by atoms with Crippen LogP contribution in [0.2, 0.25) is 19.6 Å². The molecule has 0 aromatic carbocycles. The molecule has 5 nitrogen and oxygen atoms in total. The molecule has 0 fully saturated rings. The van der Waals surface area contributed by atoms with Crippen molar-refractivity contribution in [3.63, 3.8) is 0 Å². The quantitative estimate of drug-likeness (QED) is 0.237. The first-order valence-electron chi connectivity index (χ1n) is 4.39. The van der Waals surface area contributed by atoms with Crippen LogP contribution in [0.5, 0.6) is 0 Å². The highest BCUT2D eigenvalue weighted by molar-refractivity contribution is 6.70. The highest BCUT2D eigenvalue weighted by Crippen LogP contribution is 2.11. The Morgan fingerprint density at radius 2 is 1.80 bits per heavy atom. The fourth-order valence-electron chi connectivity index (χ4n) is 0.808. The van der Waals surface area contributed by atoms with Crippen LogP contribution in [0.15, 0.2) is 17.5 Å². The zero-order chi connectivity index (χ0) is 12.1. The van der Waals surface area contributed by atoms with Crippen molar-refractivity contribution in [3.05, 3.63) is 12.3 Å². The number of hydrogen-bond donors (Lipinski definition) is 0. The normalized spacial score (nSPS) is 11.9. The standard InChI is InChI=1S/C9H17NO4Si/c1-7(14-15(4,5)6)8(10-13-3)9(11)12-2/h1H2,2-6H3/b10-8+. The van der Waals surface area contributed by atoms with E-state index in [9.17, 15) is 4.79 Å². The van der Waals surface area contributed by atoms with Gasteiger partial charge in [0, 0.05) is 0 Å². The minimum Gasteiger partial charge on any atom is -0.543 e. The van der Waals surface area contributed by atoms with E-state index in [-0.39, 0.29) is 11.5 Å². The Morgan fingerprint density at radius 3 is 2.13 bits per heavy atom. The number of ether oxygens (including phenoxy) is 1. The van der Waals surface area contributed by atoms with E-state index in [4.69, 9.17) is 4.43 Å². The Labute approximate surface area is 90.8 Å². The van der Waals surface area contributed by atoms with E-state index >= 15 is 0 Å². The smallest absolute Gasteiger partial charge is 0.363 e. The molecule has 0 aliphatic heterocycles. The van der Waals surface area contributed by atoms with Crippen LogP contribution in [0.3, 0.4) is 0 Å². The summed E-state index contributed by atoms with van der Waals surface area (Å²) in [6.07, 6.45) is 0. The molecule has 0 amide bonds. The summed E-state index contributed by atoms with van der Waals surface area (Å²) in [5.41, 5.74) is -0.0394. The molecule has 0 saturated heterocycles. The molecule has 0 heterocycles. The van der Waals surface area contributed by atoms with Crippen LogP contribution in [0.1, 0.15) is 0 Å². The highest BCUT2D eigenvalue weighted by Gasteiger charge is 2.24. The van der Waals surface area contributed by atoms with Gasteiger partial charge in [-0.3, -0.25) is 0 Å². The molecule has 0 aromatic rings. The van der Waals surface area contributed by atoms with Gasteiger partial charge in [0.05, 0.1) is 7.11 Å². The maximum absolute atomic E-state index is 11.3. The van der Waals surface area contributed by atoms with Crippen molar-refractivity contribution in [1.82, 2.24) is 0 Å². The fraction of sp³-hybridized carbons (Fsp3) is 0.556. The monoisotopic (exact) mass is 231 g/mol. The first-order chi connectivity index (χ1) is 6.81. The number of nitrogens with zero attached hydrogens (tertiary/aromatic N) is 1. The Kier molecular flexibility index (Phi) is 5.06. The van der Waals surface area contributed by atoms with E-state index in [0.717, 1.165) is 0 Å². The highest BCUT2D eigenvalue weighted by atomic mass is 28.4. The van der Waals surface area contributed by atoms with Crippen LogP contribution in [0, 0.1) is 0 Å². The van der Waals surface area contributed by atoms with E-state index in [1.165, 1.54) is 14.2 Å². The third kappa shape index (κ3) is 5.21. The lowest BCUT2D eigenvalue weighted by atomic mass is 10.3. The SMILES string of the molecule is C=C(O[Si](C)(C)C)/C(=N\OC)C(=O)OC. The van der Waals surface area contributed by atoms with Gasteiger partial charge in [-0.15, -0.1) is 0 Å². The van der Waals surface area contributed by atoms with E-state index in [2.05, 4.69) is 21.3 Å². The summed E-state index contributed by atoms with van der Waals surface area (Å²) in [6, 6.07) is 0. The number of esters is 1. The van der Waals surface area contributed by atoms with Crippen molar-refractivity contribution in [1.29, 1.82) is 0 Å². The van der Waals surface area contributed by atoms with Gasteiger partial charge in [0.1, 0.15) is 12.9 Å². The third-order valence-electron chi connectivity index (χ3n) is 1.25. The molecule has 0 unspecified atom stereocenters. The number of hydrogen-bond acceptors (Lipinski definition) is 5. The summed E-state index contributed by atoms with van der Waals surface area (Å²) in [5.74, 6) is -0.442. The van der Waals surface area contributed by atoms with Gasteiger partial charge >= 0.3 is 5.97 Å². The van der Waals surface area contributed by atoms with Crippen molar-refractivity contribution >= 4 is 20.0 Å². The summed E-state index contributed by atoms with van der Waals surface area (Å²) in [4.78, 5) is 15.8. The number of oxime groups is 1. The van der Waals surface area contributed by atoms with Gasteiger partial charge in [-0.2, -0.15) is 0 Å². The lowest BCUT2D eigenvalue weighted by Crippen LogP contribution is -2.30. The molecule has 0 atom stereocenters. The fourth-order valence-corrected chi connectivity index (χ4v) is 1.64. The minimum absolute atomic E-state index is 0.0394. The van der Waals surface area contributed by atoms with Crippen LogP contribution in [0.4, 0.5) is 0 Å². The van der Waals surface area contributed by atoms with E-state index in [1.54, 1.807) is 0 Å². The maximum Gasteiger partial charge on any atom is 0.363 e. The second-order valence-electron chi connectivity index (χ2n) is 3.75. The van der Waals surface area contributed by atoms with Crippen LogP contribution >= 0.6 is 0 Å². The molecule has 0 N–H and O–H groups in total. The largest absolute Gasteiger partial charge is 0.543 e. The molecule has 0 saturated carbocycles. The Bertz CT molecular complexity index is 280. The number of carbonyl (C=O) groups is 1. The van der Waals surface area contributed by atoms with Gasteiger partial charge < -0.3 is 14.0 Å². The number of methoxy groups -OCH3 is 1. The van der Waals surface area contributed by atoms with E-state index in [0.29, 0.717) is 0 Å². The Morgan fingerprint density at radius 1 is 1.27 bits per heavy atom. The summed E-state index contributed by atoms with van der Waals surface area (Å²) < 4.78 is 10.0. The van der Waals surface area contributed by atoms with Crippen LogP contribution in [0.25, 0.3) is 0 Å². The number of carbonyl (C=O) groups excluding carboxylic acids is 1. The van der Waals surface area contributed by atoms with Crippen LogP contribution < -0.4 is 0 Å². The average Bonchev–Trinajstić information content (AvgIpc) is 2.10. The van der Waals surface area contributed by atoms with Gasteiger partial charge in [0.2, 0.25) is 14.0 Å². The summed E-state index contributed by atoms with van der Waals surface area (Å²) >= 11 is 0. The molecule has 86 valence electrons. The van der Waals surface area contributed by atoms with Crippen molar-refractivity contribution in [2.45, 2.75) is 19.6 Å². The molecule has 0 rings (SSSR count). The zero-order valence-corrected chi connectivity index (χ0v) is 10.8. The van der Waals surface area contributed by atoms with Gasteiger partial charge in [-0.25, -0.2) is 4.79 Å². The predicted octanol–water partition coefficient (Wildman–Crippen LogP) is 1.53. The topological polar surface area (TPSA) is 57.1 Å². The average molecular weight is 231 g/mol. The minimum atomic E-state index is -1.81. The Hall–Kier alpha value is -1.30. The Balaban J connectivity index is 4.74. The summed E-state index contributed by atoms with van der Waals surface area (Å²) in [5, 5.41) is 3.52. The maximum atomic E-state index is 11.3. The predicted molar refractivity (Wildman–Crippen MR) is 60.0 cm³/mol. The van der Waals surface area contributed by atoms with E-state index < -0.39 is 14.3 Å². The van der Waals surface area contributed by atoms with Crippen molar-refractivity contribution in [2.75, 3.05) is 14.2 Å². The zero-order valence-electron chi connectivity index (χ0n) is 9.79. The molecule has 0 aliphatic rings. The van der Waals surface area contributed by atoms with Crippen molar-refractivity contribution in [2.24, 2.45) is 5.16 Å². The molecule has 6 heteroatoms. The van der Waals surface area contributed by atoms with Gasteiger partial charge in [-0.1, -0.05) is 11.7 Å². The van der Waals surface area contributed by atoms with E-state index in [1.807, 2.05) is 19.6 Å². The van der Waals surface area contributed by atoms with Gasteiger partial charge in [0.15, 0.2) is 0 Å². The molecule has 0 radical (unpaired) electrons. The first kappa shape index (κ1) is 13.7.